The van der Waals surface area contributed by atoms with Crippen LogP contribution >= 0.6 is 24.8 Å². The van der Waals surface area contributed by atoms with Crippen molar-refractivity contribution in [2.75, 3.05) is 13.1 Å². The molecule has 1 fully saturated rings. The Kier molecular flexibility index (Phi) is 8.97. The zero-order valence-electron chi connectivity index (χ0n) is 14.2. The zero-order chi connectivity index (χ0) is 16.1. The second kappa shape index (κ2) is 10.4. The van der Waals surface area contributed by atoms with Crippen molar-refractivity contribution in [3.8, 4) is 0 Å². The first-order valence-electron chi connectivity index (χ1n) is 8.28. The number of carbonyl (C=O) groups excluding carboxylic acids is 1. The smallest absolute Gasteiger partial charge is 0.239 e. The first kappa shape index (κ1) is 21.5. The maximum atomic E-state index is 12.5. The molecule has 1 amide bonds. The van der Waals surface area contributed by atoms with Gasteiger partial charge >= 0.3 is 0 Å². The Balaban J connectivity index is 0.00000156. The molecule has 1 atom stereocenters. The van der Waals surface area contributed by atoms with Gasteiger partial charge < -0.3 is 10.6 Å². The number of aromatic nitrogens is 2. The highest BCUT2D eigenvalue weighted by molar-refractivity contribution is 5.85. The van der Waals surface area contributed by atoms with Crippen molar-refractivity contribution in [1.82, 2.24) is 14.7 Å². The van der Waals surface area contributed by atoms with Crippen LogP contribution in [0.4, 0.5) is 0 Å². The number of halogens is 2. The Labute approximate surface area is 161 Å². The summed E-state index contributed by atoms with van der Waals surface area (Å²) in [5.74, 6) is 0.663. The second-order valence-corrected chi connectivity index (χ2v) is 6.29. The Morgan fingerprint density at radius 1 is 1.16 bits per heavy atom. The number of nitrogens with zero attached hydrogens (tertiary/aromatic N) is 3. The Morgan fingerprint density at radius 3 is 2.44 bits per heavy atom. The maximum Gasteiger partial charge on any atom is 0.239 e. The Hall–Kier alpha value is -1.56. The van der Waals surface area contributed by atoms with Crippen LogP contribution in [0.2, 0.25) is 0 Å². The number of carbonyl (C=O) groups is 1. The van der Waals surface area contributed by atoms with E-state index in [9.17, 15) is 4.79 Å². The lowest BCUT2D eigenvalue weighted by Gasteiger charge is -2.33. The zero-order valence-corrected chi connectivity index (χ0v) is 15.8. The molecule has 2 N–H and O–H groups in total. The molecular formula is C18H26Cl2N4O. The van der Waals surface area contributed by atoms with E-state index < -0.39 is 6.04 Å². The number of hydrogen-bond donors (Lipinski definition) is 1. The lowest BCUT2D eigenvalue weighted by molar-refractivity contribution is -0.134. The SMILES string of the molecule is Cl.Cl.NC(Cc1ccccc1)C(=O)N1CCC(Cn2cccn2)CC1. The highest BCUT2D eigenvalue weighted by atomic mass is 35.5. The molecule has 0 aliphatic carbocycles. The van der Waals surface area contributed by atoms with Crippen LogP contribution in [0.25, 0.3) is 0 Å². The van der Waals surface area contributed by atoms with Gasteiger partial charge in [0.05, 0.1) is 6.04 Å². The molecule has 1 saturated heterocycles. The highest BCUT2D eigenvalue weighted by Gasteiger charge is 2.26. The molecule has 0 spiro atoms. The van der Waals surface area contributed by atoms with E-state index in [0.717, 1.165) is 38.0 Å². The number of nitrogens with two attached hydrogens (primary N) is 1. The minimum atomic E-state index is -0.444. The molecule has 1 aliphatic heterocycles. The van der Waals surface area contributed by atoms with Crippen molar-refractivity contribution in [1.29, 1.82) is 0 Å². The van der Waals surface area contributed by atoms with E-state index in [0.29, 0.717) is 12.3 Å². The van der Waals surface area contributed by atoms with Gasteiger partial charge in [-0.05, 0) is 36.8 Å². The minimum Gasteiger partial charge on any atom is -0.341 e. The van der Waals surface area contributed by atoms with E-state index >= 15 is 0 Å². The summed E-state index contributed by atoms with van der Waals surface area (Å²) in [7, 11) is 0. The lowest BCUT2D eigenvalue weighted by Crippen LogP contribution is -2.48. The van der Waals surface area contributed by atoms with Gasteiger partial charge in [-0.2, -0.15) is 5.10 Å². The molecule has 1 aromatic carbocycles. The van der Waals surface area contributed by atoms with Crippen molar-refractivity contribution in [3.05, 3.63) is 54.4 Å². The van der Waals surface area contributed by atoms with Gasteiger partial charge in [0.2, 0.25) is 5.91 Å². The number of likely N-dealkylation sites (tertiary alicyclic amines) is 1. The summed E-state index contributed by atoms with van der Waals surface area (Å²) in [6.07, 6.45) is 6.44. The van der Waals surface area contributed by atoms with Crippen molar-refractivity contribution >= 4 is 30.7 Å². The topological polar surface area (TPSA) is 64.2 Å². The third-order valence-corrected chi connectivity index (χ3v) is 4.55. The van der Waals surface area contributed by atoms with Crippen molar-refractivity contribution in [2.24, 2.45) is 11.7 Å². The fraction of sp³-hybridized carbons (Fsp3) is 0.444. The number of benzene rings is 1. The van der Waals surface area contributed by atoms with Gasteiger partial charge in [-0.3, -0.25) is 9.48 Å². The molecule has 2 aromatic rings. The van der Waals surface area contributed by atoms with Gasteiger partial charge in [0.25, 0.3) is 0 Å². The number of rotatable bonds is 5. The van der Waals surface area contributed by atoms with Crippen LogP contribution < -0.4 is 5.73 Å². The molecule has 3 rings (SSSR count). The molecule has 1 aliphatic rings. The normalized spacial score (nSPS) is 15.8. The third kappa shape index (κ3) is 6.03. The van der Waals surface area contributed by atoms with Gasteiger partial charge in [-0.15, -0.1) is 24.8 Å². The van der Waals surface area contributed by atoms with Gasteiger partial charge in [0.1, 0.15) is 0 Å². The molecule has 2 heterocycles. The number of amides is 1. The number of hydrogen-bond acceptors (Lipinski definition) is 3. The molecule has 1 unspecified atom stereocenters. The summed E-state index contributed by atoms with van der Waals surface area (Å²) in [5.41, 5.74) is 7.23. The van der Waals surface area contributed by atoms with E-state index in [-0.39, 0.29) is 30.7 Å². The van der Waals surface area contributed by atoms with E-state index in [1.165, 1.54) is 0 Å². The Morgan fingerprint density at radius 2 is 1.84 bits per heavy atom. The van der Waals surface area contributed by atoms with Gasteiger partial charge in [0.15, 0.2) is 0 Å². The van der Waals surface area contributed by atoms with Crippen molar-refractivity contribution in [2.45, 2.75) is 31.8 Å². The van der Waals surface area contributed by atoms with Crippen LogP contribution in [-0.4, -0.2) is 39.7 Å². The predicted molar refractivity (Wildman–Crippen MR) is 104 cm³/mol. The minimum absolute atomic E-state index is 0. The van der Waals surface area contributed by atoms with Crippen molar-refractivity contribution < 1.29 is 4.79 Å². The molecule has 138 valence electrons. The lowest BCUT2D eigenvalue weighted by atomic mass is 9.96. The van der Waals surface area contributed by atoms with E-state index in [1.54, 1.807) is 6.20 Å². The highest BCUT2D eigenvalue weighted by Crippen LogP contribution is 2.19. The van der Waals surface area contributed by atoms with Crippen molar-refractivity contribution in [3.63, 3.8) is 0 Å². The number of piperidine rings is 1. The second-order valence-electron chi connectivity index (χ2n) is 6.29. The summed E-state index contributed by atoms with van der Waals surface area (Å²) in [5, 5.41) is 4.26. The fourth-order valence-electron chi connectivity index (χ4n) is 3.20. The fourth-order valence-corrected chi connectivity index (χ4v) is 3.20. The molecule has 7 heteroatoms. The predicted octanol–water partition coefficient (Wildman–Crippen LogP) is 2.54. The standard InChI is InChI=1S/C18H24N4O.2ClH/c19-17(13-15-5-2-1-3-6-15)18(23)21-11-7-16(8-12-21)14-22-10-4-9-20-22;;/h1-6,9-10,16-17H,7-8,11-14,19H2;2*1H. The maximum absolute atomic E-state index is 12.5. The Bertz CT molecular complexity index is 613. The van der Waals surface area contributed by atoms with Crippen LogP contribution in [0.15, 0.2) is 48.8 Å². The largest absolute Gasteiger partial charge is 0.341 e. The first-order valence-corrected chi connectivity index (χ1v) is 8.28. The molecule has 0 radical (unpaired) electrons. The van der Waals surface area contributed by atoms with Gasteiger partial charge in [-0.25, -0.2) is 0 Å². The molecule has 5 nitrogen and oxygen atoms in total. The molecule has 0 bridgehead atoms. The van der Waals surface area contributed by atoms with Crippen LogP contribution in [0.5, 0.6) is 0 Å². The van der Waals surface area contributed by atoms with Crippen LogP contribution in [0.1, 0.15) is 18.4 Å². The van der Waals surface area contributed by atoms with Gasteiger partial charge in [0, 0.05) is 32.0 Å². The molecule has 0 saturated carbocycles. The summed E-state index contributed by atoms with van der Waals surface area (Å²) in [4.78, 5) is 14.4. The summed E-state index contributed by atoms with van der Waals surface area (Å²) in [6.45, 7) is 2.53. The van der Waals surface area contributed by atoms with Crippen LogP contribution in [-0.2, 0) is 17.8 Å². The molecule has 25 heavy (non-hydrogen) atoms. The summed E-state index contributed by atoms with van der Waals surface area (Å²) >= 11 is 0. The average Bonchev–Trinajstić information content (AvgIpc) is 3.09. The molecule has 1 aromatic heterocycles. The monoisotopic (exact) mass is 384 g/mol. The summed E-state index contributed by atoms with van der Waals surface area (Å²) < 4.78 is 1.98. The van der Waals surface area contributed by atoms with Crippen LogP contribution in [0.3, 0.4) is 0 Å². The first-order chi connectivity index (χ1) is 11.2. The van der Waals surface area contributed by atoms with E-state index in [4.69, 9.17) is 5.73 Å². The van der Waals surface area contributed by atoms with E-state index in [2.05, 4.69) is 5.10 Å². The molecular weight excluding hydrogens is 359 g/mol. The van der Waals surface area contributed by atoms with Gasteiger partial charge in [-0.1, -0.05) is 30.3 Å². The third-order valence-electron chi connectivity index (χ3n) is 4.55. The quantitative estimate of drug-likeness (QED) is 0.860. The average molecular weight is 385 g/mol. The van der Waals surface area contributed by atoms with Crippen LogP contribution in [0, 0.1) is 5.92 Å². The van der Waals surface area contributed by atoms with E-state index in [1.807, 2.05) is 52.2 Å². The summed E-state index contributed by atoms with van der Waals surface area (Å²) in [6, 6.07) is 11.5.